The molecule has 0 fully saturated rings. The molecule has 4 nitrogen and oxygen atoms in total. The van der Waals surface area contributed by atoms with Gasteiger partial charge in [-0.3, -0.25) is 0 Å². The molecule has 0 aliphatic heterocycles. The average Bonchev–Trinajstić information content (AvgIpc) is 2.13. The quantitative estimate of drug-likeness (QED) is 0.854. The van der Waals surface area contributed by atoms with E-state index < -0.39 is 0 Å². The number of aromatic nitrogens is 2. The van der Waals surface area contributed by atoms with Gasteiger partial charge in [0.1, 0.15) is 10.9 Å². The number of nitrogen functional groups attached to an aromatic ring is 1. The molecule has 1 heterocycles. The molecule has 88 valence electrons. The van der Waals surface area contributed by atoms with Crippen LogP contribution in [0.3, 0.4) is 0 Å². The second-order valence-corrected chi connectivity index (χ2v) is 4.35. The van der Waals surface area contributed by atoms with Crippen molar-refractivity contribution in [3.63, 3.8) is 0 Å². The van der Waals surface area contributed by atoms with E-state index in [-0.39, 0.29) is 17.0 Å². The highest BCUT2D eigenvalue weighted by atomic mass is 35.5. The zero-order chi connectivity index (χ0) is 12.4. The lowest BCUT2D eigenvalue weighted by atomic mass is 10.3. The first-order valence-electron chi connectivity index (χ1n) is 4.47. The first-order chi connectivity index (χ1) is 8.02. The molecule has 0 saturated carbocycles. The first kappa shape index (κ1) is 12.2. The molecule has 0 amide bonds. The van der Waals surface area contributed by atoms with Crippen LogP contribution in [-0.2, 0) is 0 Å². The Labute approximate surface area is 112 Å². The number of ether oxygens (including phenoxy) is 1. The molecule has 7 heteroatoms. The van der Waals surface area contributed by atoms with Crippen LogP contribution in [0.25, 0.3) is 0 Å². The summed E-state index contributed by atoms with van der Waals surface area (Å²) in [5.74, 6) is 0.693. The van der Waals surface area contributed by atoms with Gasteiger partial charge in [0.15, 0.2) is 0 Å². The van der Waals surface area contributed by atoms with E-state index in [1.165, 1.54) is 6.07 Å². The van der Waals surface area contributed by atoms with Crippen LogP contribution in [0.2, 0.25) is 15.2 Å². The lowest BCUT2D eigenvalue weighted by Gasteiger charge is -2.06. The lowest BCUT2D eigenvalue weighted by molar-refractivity contribution is 0.463. The van der Waals surface area contributed by atoms with Gasteiger partial charge in [0, 0.05) is 16.1 Å². The van der Waals surface area contributed by atoms with Crippen LogP contribution in [0, 0.1) is 0 Å². The van der Waals surface area contributed by atoms with Crippen molar-refractivity contribution in [1.82, 2.24) is 9.97 Å². The Kier molecular flexibility index (Phi) is 3.57. The largest absolute Gasteiger partial charge is 0.439 e. The van der Waals surface area contributed by atoms with Crippen molar-refractivity contribution >= 4 is 40.8 Å². The smallest absolute Gasteiger partial charge is 0.225 e. The summed E-state index contributed by atoms with van der Waals surface area (Å²) < 4.78 is 5.42. The number of halogens is 3. The summed E-state index contributed by atoms with van der Waals surface area (Å²) in [5, 5.41) is 1.11. The van der Waals surface area contributed by atoms with E-state index in [0.29, 0.717) is 15.8 Å². The minimum absolute atomic E-state index is 0.0284. The SMILES string of the molecule is Nc1nc(Cl)cc(Oc2cc(Cl)cc(Cl)c2)n1. The number of nitrogens with two attached hydrogens (primary N) is 1. The maximum Gasteiger partial charge on any atom is 0.225 e. The standard InChI is InChI=1S/C10H6Cl3N3O/c11-5-1-6(12)3-7(2-5)17-9-4-8(13)15-10(14)16-9/h1-4H,(H2,14,15,16). The van der Waals surface area contributed by atoms with Crippen LogP contribution in [0.1, 0.15) is 0 Å². The lowest BCUT2D eigenvalue weighted by Crippen LogP contribution is -1.97. The summed E-state index contributed by atoms with van der Waals surface area (Å²) in [7, 11) is 0. The van der Waals surface area contributed by atoms with Gasteiger partial charge in [-0.05, 0) is 18.2 Å². The van der Waals surface area contributed by atoms with Gasteiger partial charge in [0.05, 0.1) is 0 Å². The molecular weight excluding hydrogens is 284 g/mol. The second kappa shape index (κ2) is 4.96. The van der Waals surface area contributed by atoms with E-state index in [4.69, 9.17) is 45.3 Å². The summed E-state index contributed by atoms with van der Waals surface area (Å²) >= 11 is 17.4. The Balaban J connectivity index is 2.31. The van der Waals surface area contributed by atoms with Crippen LogP contribution >= 0.6 is 34.8 Å². The van der Waals surface area contributed by atoms with E-state index >= 15 is 0 Å². The molecule has 17 heavy (non-hydrogen) atoms. The van der Waals surface area contributed by atoms with Crippen LogP contribution in [0.15, 0.2) is 24.3 Å². The molecular formula is C10H6Cl3N3O. The second-order valence-electron chi connectivity index (χ2n) is 3.09. The topological polar surface area (TPSA) is 61.0 Å². The normalized spacial score (nSPS) is 10.3. The highest BCUT2D eigenvalue weighted by Crippen LogP contribution is 2.28. The first-order valence-corrected chi connectivity index (χ1v) is 5.60. The molecule has 0 bridgehead atoms. The van der Waals surface area contributed by atoms with E-state index in [0.717, 1.165) is 0 Å². The van der Waals surface area contributed by atoms with E-state index in [9.17, 15) is 0 Å². The summed E-state index contributed by atoms with van der Waals surface area (Å²) in [4.78, 5) is 7.57. The highest BCUT2D eigenvalue weighted by molar-refractivity contribution is 6.34. The number of anilines is 1. The summed E-state index contributed by atoms with van der Waals surface area (Å²) in [5.41, 5.74) is 5.43. The third-order valence-corrected chi connectivity index (χ3v) is 2.38. The fourth-order valence-electron chi connectivity index (χ4n) is 1.17. The van der Waals surface area contributed by atoms with Crippen LogP contribution in [0.5, 0.6) is 11.6 Å². The maximum absolute atomic E-state index is 5.83. The van der Waals surface area contributed by atoms with Gasteiger partial charge < -0.3 is 10.5 Å². The summed E-state index contributed by atoms with van der Waals surface area (Å²) in [6.45, 7) is 0. The number of nitrogens with zero attached hydrogens (tertiary/aromatic N) is 2. The molecule has 0 aliphatic rings. The number of benzene rings is 1. The average molecular weight is 291 g/mol. The fourth-order valence-corrected chi connectivity index (χ4v) is 1.86. The van der Waals surface area contributed by atoms with Gasteiger partial charge in [-0.1, -0.05) is 34.8 Å². The van der Waals surface area contributed by atoms with Gasteiger partial charge in [0.25, 0.3) is 0 Å². The van der Waals surface area contributed by atoms with Crippen molar-refractivity contribution in [1.29, 1.82) is 0 Å². The van der Waals surface area contributed by atoms with Gasteiger partial charge in [-0.15, -0.1) is 0 Å². The van der Waals surface area contributed by atoms with Crippen molar-refractivity contribution in [2.24, 2.45) is 0 Å². The Morgan fingerprint density at radius 1 is 0.941 bits per heavy atom. The molecule has 2 aromatic rings. The number of hydrogen-bond donors (Lipinski definition) is 1. The Hall–Kier alpha value is -1.23. The molecule has 0 radical (unpaired) electrons. The minimum atomic E-state index is 0.0284. The summed E-state index contributed by atoms with van der Waals surface area (Å²) in [6.07, 6.45) is 0. The summed E-state index contributed by atoms with van der Waals surface area (Å²) in [6, 6.07) is 6.23. The predicted octanol–water partition coefficient (Wildman–Crippen LogP) is 3.81. The van der Waals surface area contributed by atoms with Crippen molar-refractivity contribution in [2.75, 3.05) is 5.73 Å². The highest BCUT2D eigenvalue weighted by Gasteiger charge is 2.05. The predicted molar refractivity (Wildman–Crippen MR) is 68.0 cm³/mol. The molecule has 2 N–H and O–H groups in total. The Morgan fingerprint density at radius 3 is 2.18 bits per heavy atom. The van der Waals surface area contributed by atoms with Gasteiger partial charge in [-0.25, -0.2) is 4.98 Å². The zero-order valence-electron chi connectivity index (χ0n) is 8.32. The molecule has 1 aromatic carbocycles. The molecule has 0 aliphatic carbocycles. The van der Waals surface area contributed by atoms with Crippen molar-refractivity contribution < 1.29 is 4.74 Å². The molecule has 2 rings (SSSR count). The van der Waals surface area contributed by atoms with Crippen molar-refractivity contribution in [2.45, 2.75) is 0 Å². The van der Waals surface area contributed by atoms with Gasteiger partial charge in [-0.2, -0.15) is 4.98 Å². The van der Waals surface area contributed by atoms with Crippen molar-refractivity contribution in [3.8, 4) is 11.6 Å². The number of hydrogen-bond acceptors (Lipinski definition) is 4. The Morgan fingerprint density at radius 2 is 1.59 bits per heavy atom. The third kappa shape index (κ3) is 3.36. The van der Waals surface area contributed by atoms with Crippen LogP contribution in [0.4, 0.5) is 5.95 Å². The molecule has 0 unspecified atom stereocenters. The van der Waals surface area contributed by atoms with E-state index in [2.05, 4.69) is 9.97 Å². The van der Waals surface area contributed by atoms with Crippen LogP contribution in [-0.4, -0.2) is 9.97 Å². The molecule has 0 saturated heterocycles. The zero-order valence-corrected chi connectivity index (χ0v) is 10.6. The third-order valence-electron chi connectivity index (χ3n) is 1.75. The number of rotatable bonds is 2. The van der Waals surface area contributed by atoms with Gasteiger partial charge >= 0.3 is 0 Å². The fraction of sp³-hybridized carbons (Fsp3) is 0. The minimum Gasteiger partial charge on any atom is -0.439 e. The van der Waals surface area contributed by atoms with E-state index in [1.54, 1.807) is 18.2 Å². The Bertz CT molecular complexity index is 472. The van der Waals surface area contributed by atoms with E-state index in [1.807, 2.05) is 0 Å². The monoisotopic (exact) mass is 289 g/mol. The molecule has 0 atom stereocenters. The molecule has 1 aromatic heterocycles. The van der Waals surface area contributed by atoms with Crippen LogP contribution < -0.4 is 10.5 Å². The maximum atomic E-state index is 5.83. The van der Waals surface area contributed by atoms with Crippen molar-refractivity contribution in [3.05, 3.63) is 39.5 Å². The van der Waals surface area contributed by atoms with Gasteiger partial charge in [0.2, 0.25) is 11.8 Å². The molecule has 0 spiro atoms.